The lowest BCUT2D eigenvalue weighted by Gasteiger charge is -2.12. The van der Waals surface area contributed by atoms with E-state index in [1.807, 2.05) is 27.0 Å². The number of carboxylic acids is 1. The molecule has 0 radical (unpaired) electrons. The molecule has 0 aromatic heterocycles. The number of carboxylic acid groups (broad SMARTS) is 1. The summed E-state index contributed by atoms with van der Waals surface area (Å²) >= 11 is 1.64. The molecule has 0 aliphatic rings. The van der Waals surface area contributed by atoms with E-state index >= 15 is 0 Å². The maximum atomic E-state index is 10.8. The van der Waals surface area contributed by atoms with Crippen LogP contribution in [0.3, 0.4) is 0 Å². The van der Waals surface area contributed by atoms with Crippen molar-refractivity contribution in [3.8, 4) is 0 Å². The Bertz CT molecular complexity index is 209. The average Bonchev–Trinajstić information content (AvgIpc) is 2.01. The smallest absolute Gasteiger partial charge is 0.328 e. The molecule has 14 heavy (non-hydrogen) atoms. The lowest BCUT2D eigenvalue weighted by atomic mass is 9.99. The Morgan fingerprint density at radius 2 is 2.14 bits per heavy atom. The summed E-state index contributed by atoms with van der Waals surface area (Å²) in [5.41, 5.74) is -0.0486. The lowest BCUT2D eigenvalue weighted by molar-refractivity contribution is -0.138. The molecule has 4 heteroatoms. The Hall–Kier alpha value is -0.510. The number of aliphatic imine (C=N–C) groups is 1. The number of carbonyl (C=O) groups is 1. The summed E-state index contributed by atoms with van der Waals surface area (Å²) in [5, 5.41) is 8.87. The molecule has 1 unspecified atom stereocenters. The van der Waals surface area contributed by atoms with Crippen LogP contribution in [0, 0.1) is 5.41 Å². The fraction of sp³-hybridized carbons (Fsp3) is 0.800. The first-order valence-electron chi connectivity index (χ1n) is 4.63. The first-order chi connectivity index (χ1) is 6.37. The predicted octanol–water partition coefficient (Wildman–Crippen LogP) is 2.31. The van der Waals surface area contributed by atoms with E-state index in [-0.39, 0.29) is 5.41 Å². The summed E-state index contributed by atoms with van der Waals surface area (Å²) in [6, 6.07) is -0.582. The lowest BCUT2D eigenvalue weighted by Crippen LogP contribution is -2.20. The molecule has 1 atom stereocenters. The third kappa shape index (κ3) is 6.95. The molecule has 0 aromatic carbocycles. The zero-order valence-electron chi connectivity index (χ0n) is 9.28. The Morgan fingerprint density at radius 3 is 2.50 bits per heavy atom. The molecular formula is C10H19NO2S. The highest BCUT2D eigenvalue weighted by molar-refractivity contribution is 7.98. The average molecular weight is 217 g/mol. The van der Waals surface area contributed by atoms with Gasteiger partial charge in [-0.1, -0.05) is 20.8 Å². The van der Waals surface area contributed by atoms with Gasteiger partial charge in [-0.25, -0.2) is 4.79 Å². The maximum absolute atomic E-state index is 10.8. The molecule has 0 spiro atoms. The number of rotatable bonds is 5. The molecule has 0 rings (SSSR count). The molecule has 1 N–H and O–H groups in total. The number of hydrogen-bond acceptors (Lipinski definition) is 3. The van der Waals surface area contributed by atoms with Gasteiger partial charge in [-0.2, -0.15) is 11.8 Å². The summed E-state index contributed by atoms with van der Waals surface area (Å²) in [4.78, 5) is 14.9. The van der Waals surface area contributed by atoms with Crippen molar-refractivity contribution >= 4 is 23.9 Å². The standard InChI is InChI=1S/C10H19NO2S/c1-10(2,3)7-11-8(9(12)13)5-6-14-4/h7-8H,5-6H2,1-4H3,(H,12,13). The fourth-order valence-electron chi connectivity index (χ4n) is 0.805. The zero-order valence-corrected chi connectivity index (χ0v) is 10.1. The van der Waals surface area contributed by atoms with Gasteiger partial charge < -0.3 is 5.11 Å². The molecule has 0 aromatic rings. The minimum absolute atomic E-state index is 0.0486. The summed E-state index contributed by atoms with van der Waals surface area (Å²) in [7, 11) is 0. The van der Waals surface area contributed by atoms with E-state index in [2.05, 4.69) is 4.99 Å². The summed E-state index contributed by atoms with van der Waals surface area (Å²) < 4.78 is 0. The van der Waals surface area contributed by atoms with Crippen LogP contribution in [0.1, 0.15) is 27.2 Å². The molecule has 0 bridgehead atoms. The molecule has 0 aliphatic carbocycles. The van der Waals surface area contributed by atoms with Crippen LogP contribution in [0.5, 0.6) is 0 Å². The second-order valence-corrected chi connectivity index (χ2v) is 5.27. The number of nitrogens with zero attached hydrogens (tertiary/aromatic N) is 1. The van der Waals surface area contributed by atoms with E-state index in [0.29, 0.717) is 6.42 Å². The predicted molar refractivity (Wildman–Crippen MR) is 62.4 cm³/mol. The molecule has 0 fully saturated rings. The van der Waals surface area contributed by atoms with E-state index in [4.69, 9.17) is 5.11 Å². The Morgan fingerprint density at radius 1 is 1.57 bits per heavy atom. The van der Waals surface area contributed by atoms with Crippen molar-refractivity contribution in [3.63, 3.8) is 0 Å². The van der Waals surface area contributed by atoms with Gasteiger partial charge in [0.25, 0.3) is 0 Å². The van der Waals surface area contributed by atoms with Gasteiger partial charge in [0, 0.05) is 6.21 Å². The van der Waals surface area contributed by atoms with Crippen LogP contribution in [0.2, 0.25) is 0 Å². The van der Waals surface area contributed by atoms with Gasteiger partial charge >= 0.3 is 5.97 Å². The number of aliphatic carboxylic acids is 1. The van der Waals surface area contributed by atoms with E-state index in [9.17, 15) is 4.79 Å². The second-order valence-electron chi connectivity index (χ2n) is 4.28. The van der Waals surface area contributed by atoms with Crippen molar-refractivity contribution in [2.24, 2.45) is 10.4 Å². The van der Waals surface area contributed by atoms with Gasteiger partial charge in [0.2, 0.25) is 0 Å². The monoisotopic (exact) mass is 217 g/mol. The van der Waals surface area contributed by atoms with Crippen LogP contribution in [0.15, 0.2) is 4.99 Å². The first-order valence-corrected chi connectivity index (χ1v) is 6.02. The Kier molecular flexibility index (Phi) is 5.84. The SMILES string of the molecule is CSCCC(N=CC(C)(C)C)C(=O)O. The minimum Gasteiger partial charge on any atom is -0.480 e. The summed E-state index contributed by atoms with van der Waals surface area (Å²) in [6.45, 7) is 6.01. The van der Waals surface area contributed by atoms with Crippen molar-refractivity contribution in [2.75, 3.05) is 12.0 Å². The van der Waals surface area contributed by atoms with Gasteiger partial charge in [-0.3, -0.25) is 4.99 Å². The van der Waals surface area contributed by atoms with Crippen LogP contribution in [0.4, 0.5) is 0 Å². The van der Waals surface area contributed by atoms with E-state index in [1.165, 1.54) is 0 Å². The fourth-order valence-corrected chi connectivity index (χ4v) is 1.26. The minimum atomic E-state index is -0.834. The number of thioether (sulfide) groups is 1. The van der Waals surface area contributed by atoms with Crippen molar-refractivity contribution in [3.05, 3.63) is 0 Å². The highest BCUT2D eigenvalue weighted by Crippen LogP contribution is 2.11. The summed E-state index contributed by atoms with van der Waals surface area (Å²) in [5.74, 6) is -0.00195. The molecule has 0 amide bonds. The van der Waals surface area contributed by atoms with Crippen LogP contribution < -0.4 is 0 Å². The molecule has 82 valence electrons. The zero-order chi connectivity index (χ0) is 11.2. The van der Waals surface area contributed by atoms with E-state index in [0.717, 1.165) is 5.75 Å². The van der Waals surface area contributed by atoms with Gasteiger partial charge in [0.1, 0.15) is 6.04 Å². The normalized spacial score (nSPS) is 14.6. The van der Waals surface area contributed by atoms with Gasteiger partial charge in [0.05, 0.1) is 0 Å². The molecule has 3 nitrogen and oxygen atoms in total. The maximum Gasteiger partial charge on any atom is 0.328 e. The van der Waals surface area contributed by atoms with Gasteiger partial charge in [-0.05, 0) is 23.8 Å². The Balaban J connectivity index is 4.23. The van der Waals surface area contributed by atoms with Crippen LogP contribution in [-0.2, 0) is 4.79 Å². The summed E-state index contributed by atoms with van der Waals surface area (Å²) in [6.07, 6.45) is 4.29. The van der Waals surface area contributed by atoms with Crippen LogP contribution >= 0.6 is 11.8 Å². The van der Waals surface area contributed by atoms with Crippen molar-refractivity contribution in [1.82, 2.24) is 0 Å². The van der Waals surface area contributed by atoms with Gasteiger partial charge in [-0.15, -0.1) is 0 Å². The molecular weight excluding hydrogens is 198 g/mol. The second kappa shape index (κ2) is 6.06. The molecule has 0 aliphatic heterocycles. The van der Waals surface area contributed by atoms with Crippen molar-refractivity contribution in [2.45, 2.75) is 33.2 Å². The highest BCUT2D eigenvalue weighted by Gasteiger charge is 2.16. The van der Waals surface area contributed by atoms with E-state index in [1.54, 1.807) is 18.0 Å². The number of hydrogen-bond donors (Lipinski definition) is 1. The van der Waals surface area contributed by atoms with Crippen molar-refractivity contribution < 1.29 is 9.90 Å². The van der Waals surface area contributed by atoms with Gasteiger partial charge in [0.15, 0.2) is 0 Å². The topological polar surface area (TPSA) is 49.7 Å². The quantitative estimate of drug-likeness (QED) is 0.719. The molecule has 0 saturated carbocycles. The van der Waals surface area contributed by atoms with Crippen LogP contribution in [-0.4, -0.2) is 35.3 Å². The third-order valence-corrected chi connectivity index (χ3v) is 2.17. The highest BCUT2D eigenvalue weighted by atomic mass is 32.2. The van der Waals surface area contributed by atoms with Crippen LogP contribution in [0.25, 0.3) is 0 Å². The Labute approximate surface area is 90.0 Å². The first kappa shape index (κ1) is 13.5. The van der Waals surface area contributed by atoms with E-state index < -0.39 is 12.0 Å². The largest absolute Gasteiger partial charge is 0.480 e. The molecule has 0 saturated heterocycles. The third-order valence-electron chi connectivity index (χ3n) is 1.52. The molecule has 0 heterocycles. The van der Waals surface area contributed by atoms with Crippen molar-refractivity contribution in [1.29, 1.82) is 0 Å².